The number of amides is 1. The van der Waals surface area contributed by atoms with Crippen LogP contribution in [0.4, 0.5) is 4.79 Å². The number of alkyl carbamates (subject to hydrolysis) is 1. The van der Waals surface area contributed by atoms with E-state index in [1.54, 1.807) is 0 Å². The van der Waals surface area contributed by atoms with Crippen LogP contribution < -0.4 is 5.32 Å². The van der Waals surface area contributed by atoms with E-state index in [4.69, 9.17) is 4.74 Å². The molecular weight excluding hydrogens is 288 g/mol. The number of aryl methyl sites for hydroxylation is 1. The molecule has 1 heterocycles. The molecule has 1 aromatic rings. The van der Waals surface area contributed by atoms with Gasteiger partial charge in [0.1, 0.15) is 5.60 Å². The third kappa shape index (κ3) is 3.46. The molecule has 4 nitrogen and oxygen atoms in total. The molecule has 0 unspecified atom stereocenters. The summed E-state index contributed by atoms with van der Waals surface area (Å²) in [6.07, 6.45) is 6.25. The molecule has 126 valence electrons. The summed E-state index contributed by atoms with van der Waals surface area (Å²) in [6.45, 7) is 12.0. The Balaban J connectivity index is 1.43. The molecule has 0 aromatic carbocycles. The van der Waals surface area contributed by atoms with Crippen LogP contribution >= 0.6 is 0 Å². The number of rotatable bonds is 3. The van der Waals surface area contributed by atoms with Gasteiger partial charge in [0.05, 0.1) is 0 Å². The molecule has 1 aromatic heterocycles. The number of hydrogen-bond donors (Lipinski definition) is 2. The number of H-pyrrole nitrogens is 1. The minimum Gasteiger partial charge on any atom is -0.444 e. The lowest BCUT2D eigenvalue weighted by atomic mass is 9.49. The second kappa shape index (κ2) is 5.43. The van der Waals surface area contributed by atoms with Gasteiger partial charge in [0.15, 0.2) is 0 Å². The number of nitrogens with one attached hydrogen (secondary N) is 2. The molecule has 0 aliphatic heterocycles. The second-order valence-corrected chi connectivity index (χ2v) is 8.47. The van der Waals surface area contributed by atoms with E-state index in [0.717, 1.165) is 12.8 Å². The standard InChI is InChI=1S/C19H28N2O2/c1-12-6-16(20-11-12)13(2)14-7-19(8-14)9-15(10-19)21-17(22)23-18(3,4)5/h6,11,14-15,20H,2,7-10H2,1,3-5H3,(H,21,22). The highest BCUT2D eigenvalue weighted by molar-refractivity contribution is 5.68. The van der Waals surface area contributed by atoms with Gasteiger partial charge in [-0.25, -0.2) is 4.79 Å². The first kappa shape index (κ1) is 16.2. The summed E-state index contributed by atoms with van der Waals surface area (Å²) < 4.78 is 5.32. The number of allylic oxidation sites excluding steroid dienone is 1. The van der Waals surface area contributed by atoms with Gasteiger partial charge in [-0.15, -0.1) is 0 Å². The van der Waals surface area contributed by atoms with Crippen LogP contribution in [0.25, 0.3) is 5.57 Å². The Morgan fingerprint density at radius 2 is 2.00 bits per heavy atom. The maximum Gasteiger partial charge on any atom is 0.407 e. The molecule has 0 atom stereocenters. The van der Waals surface area contributed by atoms with Crippen LogP contribution in [-0.4, -0.2) is 22.7 Å². The van der Waals surface area contributed by atoms with E-state index in [0.29, 0.717) is 11.3 Å². The molecule has 2 fully saturated rings. The number of aromatic amines is 1. The molecule has 0 bridgehead atoms. The van der Waals surface area contributed by atoms with Crippen molar-refractivity contribution in [2.75, 3.05) is 0 Å². The van der Waals surface area contributed by atoms with Crippen molar-refractivity contribution < 1.29 is 9.53 Å². The van der Waals surface area contributed by atoms with Crippen molar-refractivity contribution in [3.8, 4) is 0 Å². The number of aromatic nitrogens is 1. The third-order valence-corrected chi connectivity index (χ3v) is 5.10. The Hall–Kier alpha value is -1.71. The van der Waals surface area contributed by atoms with E-state index in [1.807, 2.05) is 27.0 Å². The largest absolute Gasteiger partial charge is 0.444 e. The van der Waals surface area contributed by atoms with E-state index in [9.17, 15) is 4.79 Å². The highest BCUT2D eigenvalue weighted by Crippen LogP contribution is 2.61. The Morgan fingerprint density at radius 3 is 2.52 bits per heavy atom. The summed E-state index contributed by atoms with van der Waals surface area (Å²) in [5, 5.41) is 2.99. The number of hydrogen-bond acceptors (Lipinski definition) is 2. The normalized spacial score (nSPS) is 29.6. The minimum absolute atomic E-state index is 0.270. The molecule has 3 rings (SSSR count). The number of carbonyl (C=O) groups excluding carboxylic acids is 1. The fraction of sp³-hybridized carbons (Fsp3) is 0.632. The average molecular weight is 316 g/mol. The van der Waals surface area contributed by atoms with Crippen molar-refractivity contribution in [3.63, 3.8) is 0 Å². The van der Waals surface area contributed by atoms with Gasteiger partial charge in [-0.1, -0.05) is 6.58 Å². The van der Waals surface area contributed by atoms with E-state index < -0.39 is 5.60 Å². The van der Waals surface area contributed by atoms with Crippen molar-refractivity contribution >= 4 is 11.7 Å². The van der Waals surface area contributed by atoms with Crippen LogP contribution in [0.5, 0.6) is 0 Å². The van der Waals surface area contributed by atoms with Gasteiger partial charge in [-0.3, -0.25) is 0 Å². The fourth-order valence-corrected chi connectivity index (χ4v) is 4.04. The lowest BCUT2D eigenvalue weighted by Gasteiger charge is -2.58. The van der Waals surface area contributed by atoms with Gasteiger partial charge >= 0.3 is 6.09 Å². The first-order valence-corrected chi connectivity index (χ1v) is 8.50. The van der Waals surface area contributed by atoms with Crippen LogP contribution in [0.3, 0.4) is 0 Å². The highest BCUT2D eigenvalue weighted by atomic mass is 16.6. The molecular formula is C19H28N2O2. The lowest BCUT2D eigenvalue weighted by molar-refractivity contribution is -0.0322. The lowest BCUT2D eigenvalue weighted by Crippen LogP contribution is -2.56. The van der Waals surface area contributed by atoms with E-state index in [2.05, 4.69) is 29.9 Å². The molecule has 0 radical (unpaired) electrons. The predicted molar refractivity (Wildman–Crippen MR) is 92.1 cm³/mol. The van der Waals surface area contributed by atoms with Crippen LogP contribution in [0.15, 0.2) is 18.8 Å². The Labute approximate surface area is 138 Å². The quantitative estimate of drug-likeness (QED) is 0.867. The van der Waals surface area contributed by atoms with Crippen LogP contribution in [0, 0.1) is 18.3 Å². The zero-order valence-corrected chi connectivity index (χ0v) is 14.7. The number of ether oxygens (including phenoxy) is 1. The van der Waals surface area contributed by atoms with Crippen molar-refractivity contribution in [3.05, 3.63) is 30.1 Å². The molecule has 4 heteroatoms. The maximum absolute atomic E-state index is 11.8. The van der Waals surface area contributed by atoms with E-state index >= 15 is 0 Å². The average Bonchev–Trinajstić information content (AvgIpc) is 2.74. The van der Waals surface area contributed by atoms with E-state index in [-0.39, 0.29) is 12.1 Å². The molecule has 2 N–H and O–H groups in total. The maximum atomic E-state index is 11.8. The summed E-state index contributed by atoms with van der Waals surface area (Å²) >= 11 is 0. The fourth-order valence-electron chi connectivity index (χ4n) is 4.04. The predicted octanol–water partition coefficient (Wildman–Crippen LogP) is 4.42. The van der Waals surface area contributed by atoms with Crippen LogP contribution in [0.2, 0.25) is 0 Å². The zero-order chi connectivity index (χ0) is 16.8. The molecule has 2 saturated carbocycles. The Morgan fingerprint density at radius 1 is 1.35 bits per heavy atom. The van der Waals surface area contributed by atoms with E-state index in [1.165, 1.54) is 29.7 Å². The molecule has 1 spiro atoms. The van der Waals surface area contributed by atoms with Gasteiger partial charge in [0.2, 0.25) is 0 Å². The molecule has 23 heavy (non-hydrogen) atoms. The summed E-state index contributed by atoms with van der Waals surface area (Å²) in [7, 11) is 0. The van der Waals surface area contributed by atoms with Crippen molar-refractivity contribution in [1.82, 2.24) is 10.3 Å². The van der Waals surface area contributed by atoms with Crippen LogP contribution in [-0.2, 0) is 4.74 Å². The first-order chi connectivity index (χ1) is 10.7. The van der Waals surface area contributed by atoms with Gasteiger partial charge in [0, 0.05) is 17.9 Å². The second-order valence-electron chi connectivity index (χ2n) is 8.47. The summed E-state index contributed by atoms with van der Waals surface area (Å²) in [4.78, 5) is 15.1. The molecule has 2 aliphatic rings. The Bertz CT molecular complexity index is 610. The van der Waals surface area contributed by atoms with Crippen molar-refractivity contribution in [2.45, 2.75) is 65.0 Å². The first-order valence-electron chi connectivity index (χ1n) is 8.50. The summed E-state index contributed by atoms with van der Waals surface area (Å²) in [5.74, 6) is 0.579. The smallest absolute Gasteiger partial charge is 0.407 e. The van der Waals surface area contributed by atoms with Crippen molar-refractivity contribution in [2.24, 2.45) is 11.3 Å². The Kier molecular flexibility index (Phi) is 3.81. The summed E-state index contributed by atoms with van der Waals surface area (Å²) in [5.41, 5.74) is 3.64. The molecule has 1 amide bonds. The van der Waals surface area contributed by atoms with Crippen molar-refractivity contribution in [1.29, 1.82) is 0 Å². The number of carbonyl (C=O) groups is 1. The zero-order valence-electron chi connectivity index (χ0n) is 14.7. The van der Waals surface area contributed by atoms with Gasteiger partial charge in [-0.05, 0) is 81.9 Å². The van der Waals surface area contributed by atoms with Crippen LogP contribution in [0.1, 0.15) is 57.7 Å². The topological polar surface area (TPSA) is 54.1 Å². The molecule has 0 saturated heterocycles. The van der Waals surface area contributed by atoms with Gasteiger partial charge in [-0.2, -0.15) is 0 Å². The minimum atomic E-state index is -0.432. The highest BCUT2D eigenvalue weighted by Gasteiger charge is 2.53. The SMILES string of the molecule is C=C(c1cc(C)c[nH]1)C1CC2(CC(NC(=O)OC(C)(C)C)C2)C1. The summed E-state index contributed by atoms with van der Waals surface area (Å²) in [6, 6.07) is 2.44. The van der Waals surface area contributed by atoms with Gasteiger partial charge in [0.25, 0.3) is 0 Å². The van der Waals surface area contributed by atoms with Gasteiger partial charge < -0.3 is 15.0 Å². The third-order valence-electron chi connectivity index (χ3n) is 5.10. The molecule has 2 aliphatic carbocycles. The monoisotopic (exact) mass is 316 g/mol.